The van der Waals surface area contributed by atoms with Gasteiger partial charge in [-0.05, 0) is 36.6 Å². The third-order valence-corrected chi connectivity index (χ3v) is 3.71. The van der Waals surface area contributed by atoms with Crippen LogP contribution in [0.4, 0.5) is 5.69 Å². The van der Waals surface area contributed by atoms with Crippen molar-refractivity contribution >= 4 is 23.6 Å². The van der Waals surface area contributed by atoms with Crippen LogP contribution in [0.15, 0.2) is 40.6 Å². The molecule has 0 saturated carbocycles. The quantitative estimate of drug-likeness (QED) is 0.837. The molecule has 5 heteroatoms. The number of nitrogens with zero attached hydrogens (tertiary/aromatic N) is 1. The zero-order valence-corrected chi connectivity index (χ0v) is 13.7. The van der Waals surface area contributed by atoms with Crippen LogP contribution in [0.3, 0.4) is 0 Å². The van der Waals surface area contributed by atoms with Gasteiger partial charge in [0.25, 0.3) is 5.91 Å². The van der Waals surface area contributed by atoms with Crippen molar-refractivity contribution < 1.29 is 14.7 Å². The van der Waals surface area contributed by atoms with Crippen LogP contribution in [0, 0.1) is 5.41 Å². The Morgan fingerprint density at radius 1 is 1.30 bits per heavy atom. The second kappa shape index (κ2) is 6.77. The predicted molar refractivity (Wildman–Crippen MR) is 90.3 cm³/mol. The number of Topliss-reactive ketones (excluding diaryl/α,β-unsaturated/α-hetero) is 1. The van der Waals surface area contributed by atoms with Gasteiger partial charge in [-0.3, -0.25) is 14.6 Å². The molecule has 1 aliphatic carbocycles. The molecule has 0 bridgehead atoms. The first-order valence-corrected chi connectivity index (χ1v) is 7.70. The smallest absolute Gasteiger partial charge is 0.251 e. The van der Waals surface area contributed by atoms with Gasteiger partial charge in [0.2, 0.25) is 0 Å². The molecule has 1 aliphatic rings. The molecule has 1 aromatic carbocycles. The highest BCUT2D eigenvalue weighted by atomic mass is 16.3. The summed E-state index contributed by atoms with van der Waals surface area (Å²) in [6.07, 6.45) is 2.28. The first-order chi connectivity index (χ1) is 10.8. The van der Waals surface area contributed by atoms with E-state index < -0.39 is 0 Å². The Morgan fingerprint density at radius 2 is 1.96 bits per heavy atom. The second-order valence-corrected chi connectivity index (χ2v) is 6.47. The van der Waals surface area contributed by atoms with Gasteiger partial charge in [-0.2, -0.15) is 0 Å². The van der Waals surface area contributed by atoms with E-state index in [1.54, 1.807) is 24.3 Å². The summed E-state index contributed by atoms with van der Waals surface area (Å²) < 4.78 is 0. The third kappa shape index (κ3) is 4.28. The Bertz CT molecular complexity index is 670. The van der Waals surface area contributed by atoms with Crippen LogP contribution in [0.5, 0.6) is 0 Å². The molecule has 23 heavy (non-hydrogen) atoms. The van der Waals surface area contributed by atoms with Crippen LogP contribution in [0.1, 0.15) is 44.0 Å². The van der Waals surface area contributed by atoms with Crippen molar-refractivity contribution in [2.45, 2.75) is 33.6 Å². The van der Waals surface area contributed by atoms with E-state index in [2.05, 4.69) is 10.3 Å². The first-order valence-electron chi connectivity index (χ1n) is 7.70. The molecule has 0 radical (unpaired) electrons. The number of benzene rings is 1. The Labute approximate surface area is 136 Å². The molecule has 0 aromatic heterocycles. The summed E-state index contributed by atoms with van der Waals surface area (Å²) >= 11 is 0. The number of nitrogens with one attached hydrogen (secondary N) is 1. The summed E-state index contributed by atoms with van der Waals surface area (Å²) in [7, 11) is 0. The lowest BCUT2D eigenvalue weighted by molar-refractivity contribution is -0.117. The lowest BCUT2D eigenvalue weighted by atomic mass is 9.77. The van der Waals surface area contributed by atoms with Gasteiger partial charge in [0.05, 0.1) is 11.3 Å². The molecular formula is C18H22N2O3. The van der Waals surface area contributed by atoms with Crippen LogP contribution in [-0.2, 0) is 4.79 Å². The number of hydrogen-bond acceptors (Lipinski definition) is 4. The zero-order valence-electron chi connectivity index (χ0n) is 13.7. The Hall–Kier alpha value is -2.43. The molecule has 122 valence electrons. The van der Waals surface area contributed by atoms with Crippen LogP contribution < -0.4 is 5.32 Å². The number of aliphatic hydroxyl groups is 1. The molecule has 0 fully saturated rings. The van der Waals surface area contributed by atoms with Crippen molar-refractivity contribution in [3.05, 3.63) is 41.2 Å². The van der Waals surface area contributed by atoms with E-state index >= 15 is 0 Å². The predicted octanol–water partition coefficient (Wildman–Crippen LogP) is 3.34. The van der Waals surface area contributed by atoms with Crippen LogP contribution >= 0.6 is 0 Å². The Morgan fingerprint density at radius 3 is 2.52 bits per heavy atom. The highest BCUT2D eigenvalue weighted by Crippen LogP contribution is 2.35. The standard InChI is InChI=1S/C18H22N2O3/c1-4-19-17(23)12-5-7-13(8-6-12)20-11-14-15(21)9-18(2,3)10-16(14)22/h5-8,11,21H,4,9-10H2,1-3H3,(H,19,23). The molecule has 2 N–H and O–H groups in total. The number of allylic oxidation sites excluding steroid dienone is 2. The maximum atomic E-state index is 12.1. The summed E-state index contributed by atoms with van der Waals surface area (Å²) in [5.41, 5.74) is 1.24. The molecule has 5 nitrogen and oxygen atoms in total. The van der Waals surface area contributed by atoms with E-state index in [0.29, 0.717) is 30.6 Å². The number of rotatable bonds is 4. The number of hydrogen-bond donors (Lipinski definition) is 2. The highest BCUT2D eigenvalue weighted by Gasteiger charge is 2.32. The average molecular weight is 314 g/mol. The molecule has 0 aliphatic heterocycles. The van der Waals surface area contributed by atoms with Crippen molar-refractivity contribution in [3.63, 3.8) is 0 Å². The fraction of sp³-hybridized carbons (Fsp3) is 0.389. The number of carbonyl (C=O) groups is 2. The fourth-order valence-electron chi connectivity index (χ4n) is 2.55. The van der Waals surface area contributed by atoms with E-state index in [1.165, 1.54) is 6.21 Å². The lowest BCUT2D eigenvalue weighted by Crippen LogP contribution is -2.26. The fourth-order valence-corrected chi connectivity index (χ4v) is 2.55. The minimum Gasteiger partial charge on any atom is -0.511 e. The number of aliphatic imine (C=N–C) groups is 1. The SMILES string of the molecule is CCNC(=O)c1ccc(N=CC2=C(O)CC(C)(C)CC2=O)cc1. The van der Waals surface area contributed by atoms with Crippen molar-refractivity contribution in [2.24, 2.45) is 10.4 Å². The molecule has 0 unspecified atom stereocenters. The van der Waals surface area contributed by atoms with Crippen LogP contribution in [0.25, 0.3) is 0 Å². The molecular weight excluding hydrogens is 292 g/mol. The van der Waals surface area contributed by atoms with E-state index in [1.807, 2.05) is 20.8 Å². The molecule has 0 spiro atoms. The van der Waals surface area contributed by atoms with E-state index in [-0.39, 0.29) is 28.4 Å². The number of amides is 1. The maximum Gasteiger partial charge on any atom is 0.251 e. The molecule has 1 aromatic rings. The van der Waals surface area contributed by atoms with E-state index in [0.717, 1.165) is 0 Å². The van der Waals surface area contributed by atoms with Crippen LogP contribution in [-0.4, -0.2) is 29.6 Å². The van der Waals surface area contributed by atoms with Gasteiger partial charge < -0.3 is 10.4 Å². The van der Waals surface area contributed by atoms with Crippen LogP contribution in [0.2, 0.25) is 0 Å². The Balaban J connectivity index is 2.14. The van der Waals surface area contributed by atoms with Gasteiger partial charge in [0.15, 0.2) is 5.78 Å². The van der Waals surface area contributed by atoms with Gasteiger partial charge >= 0.3 is 0 Å². The molecule has 2 rings (SSSR count). The zero-order chi connectivity index (χ0) is 17.0. The maximum absolute atomic E-state index is 12.1. The molecule has 1 amide bonds. The topological polar surface area (TPSA) is 78.8 Å². The lowest BCUT2D eigenvalue weighted by Gasteiger charge is -2.28. The average Bonchev–Trinajstić information content (AvgIpc) is 2.46. The normalized spacial score (nSPS) is 17.6. The van der Waals surface area contributed by atoms with Gasteiger partial charge in [0, 0.05) is 31.2 Å². The third-order valence-electron chi connectivity index (χ3n) is 3.71. The van der Waals surface area contributed by atoms with Gasteiger partial charge in [-0.15, -0.1) is 0 Å². The number of carbonyl (C=O) groups excluding carboxylic acids is 2. The van der Waals surface area contributed by atoms with Crippen molar-refractivity contribution in [3.8, 4) is 0 Å². The van der Waals surface area contributed by atoms with E-state index in [4.69, 9.17) is 0 Å². The number of aliphatic hydroxyl groups excluding tert-OH is 1. The minimum absolute atomic E-state index is 0.0916. The van der Waals surface area contributed by atoms with E-state index in [9.17, 15) is 14.7 Å². The highest BCUT2D eigenvalue weighted by molar-refractivity contribution is 6.14. The van der Waals surface area contributed by atoms with Crippen molar-refractivity contribution in [2.75, 3.05) is 6.54 Å². The van der Waals surface area contributed by atoms with Crippen molar-refractivity contribution in [1.82, 2.24) is 5.32 Å². The van der Waals surface area contributed by atoms with Crippen molar-refractivity contribution in [1.29, 1.82) is 0 Å². The second-order valence-electron chi connectivity index (χ2n) is 6.47. The monoisotopic (exact) mass is 314 g/mol. The summed E-state index contributed by atoms with van der Waals surface area (Å²) in [4.78, 5) is 28.0. The molecule has 0 heterocycles. The number of ketones is 1. The molecule has 0 atom stereocenters. The Kier molecular flexibility index (Phi) is 4.98. The largest absolute Gasteiger partial charge is 0.511 e. The van der Waals surface area contributed by atoms with Gasteiger partial charge in [-0.1, -0.05) is 13.8 Å². The summed E-state index contributed by atoms with van der Waals surface area (Å²) in [5.74, 6) is -0.136. The molecule has 0 saturated heterocycles. The summed E-state index contributed by atoms with van der Waals surface area (Å²) in [6.45, 7) is 6.34. The van der Waals surface area contributed by atoms with Gasteiger partial charge in [0.1, 0.15) is 5.76 Å². The minimum atomic E-state index is -0.215. The van der Waals surface area contributed by atoms with Gasteiger partial charge in [-0.25, -0.2) is 0 Å². The summed E-state index contributed by atoms with van der Waals surface area (Å²) in [5, 5.41) is 12.8. The summed E-state index contributed by atoms with van der Waals surface area (Å²) in [6, 6.07) is 6.77. The first kappa shape index (κ1) is 16.9.